The van der Waals surface area contributed by atoms with Crippen LogP contribution in [0.3, 0.4) is 0 Å². The van der Waals surface area contributed by atoms with Gasteiger partial charge in [0.25, 0.3) is 5.91 Å². The van der Waals surface area contributed by atoms with Crippen molar-refractivity contribution in [3.05, 3.63) is 51.5 Å². The number of rotatable bonds is 5. The Hall–Kier alpha value is -2.21. The molecule has 0 unspecified atom stereocenters. The van der Waals surface area contributed by atoms with Crippen molar-refractivity contribution in [1.29, 1.82) is 0 Å². The summed E-state index contributed by atoms with van der Waals surface area (Å²) in [4.78, 5) is 31.4. The summed E-state index contributed by atoms with van der Waals surface area (Å²) in [6.07, 6.45) is 3.92. The fourth-order valence-corrected chi connectivity index (χ4v) is 4.87. The molecule has 2 fully saturated rings. The van der Waals surface area contributed by atoms with Crippen LogP contribution in [-0.2, 0) is 16.8 Å². The molecule has 0 radical (unpaired) electrons. The van der Waals surface area contributed by atoms with Crippen LogP contribution in [-0.4, -0.2) is 34.8 Å². The standard InChI is InChI=1S/C24H31N3O2S/c1-24(2,3)19-8-6-18(7-9-19)23(29)27-12-10-17(11-13-27)22-26-20(15-30-22)14-25-21(28)16-4-5-16/h6-9,15-17H,4-5,10-14H2,1-3H3,(H,25,28). The molecule has 1 saturated heterocycles. The van der Waals surface area contributed by atoms with Gasteiger partial charge in [-0.2, -0.15) is 0 Å². The number of nitrogens with zero attached hydrogens (tertiary/aromatic N) is 2. The van der Waals surface area contributed by atoms with E-state index in [1.807, 2.05) is 17.0 Å². The summed E-state index contributed by atoms with van der Waals surface area (Å²) in [5.74, 6) is 0.910. The molecule has 0 bridgehead atoms. The minimum absolute atomic E-state index is 0.0905. The van der Waals surface area contributed by atoms with Crippen molar-refractivity contribution >= 4 is 23.2 Å². The molecule has 5 nitrogen and oxygen atoms in total. The van der Waals surface area contributed by atoms with Crippen LogP contribution >= 0.6 is 11.3 Å². The lowest BCUT2D eigenvalue weighted by atomic mass is 9.86. The first kappa shape index (κ1) is 21.0. The fraction of sp³-hybridized carbons (Fsp3) is 0.542. The van der Waals surface area contributed by atoms with Crippen LogP contribution in [0.5, 0.6) is 0 Å². The molecule has 2 aromatic rings. The van der Waals surface area contributed by atoms with Crippen molar-refractivity contribution < 1.29 is 9.59 Å². The van der Waals surface area contributed by atoms with E-state index >= 15 is 0 Å². The molecule has 1 N–H and O–H groups in total. The summed E-state index contributed by atoms with van der Waals surface area (Å²) in [5, 5.41) is 6.17. The minimum atomic E-state index is 0.0905. The zero-order valence-corrected chi connectivity index (χ0v) is 18.9. The van der Waals surface area contributed by atoms with Crippen LogP contribution in [0.25, 0.3) is 0 Å². The molecular formula is C24H31N3O2S. The SMILES string of the molecule is CC(C)(C)c1ccc(C(=O)N2CCC(c3nc(CNC(=O)C4CC4)cs3)CC2)cc1. The van der Waals surface area contributed by atoms with Crippen molar-refractivity contribution in [2.45, 2.75) is 64.3 Å². The highest BCUT2D eigenvalue weighted by atomic mass is 32.1. The number of likely N-dealkylation sites (tertiary alicyclic amines) is 1. The molecule has 0 atom stereocenters. The Morgan fingerprint density at radius 1 is 1.10 bits per heavy atom. The molecular weight excluding hydrogens is 394 g/mol. The van der Waals surface area contributed by atoms with Crippen molar-refractivity contribution in [3.8, 4) is 0 Å². The van der Waals surface area contributed by atoms with Gasteiger partial charge < -0.3 is 10.2 Å². The smallest absolute Gasteiger partial charge is 0.253 e. The van der Waals surface area contributed by atoms with Gasteiger partial charge in [0.2, 0.25) is 5.91 Å². The van der Waals surface area contributed by atoms with Gasteiger partial charge >= 0.3 is 0 Å². The highest BCUT2D eigenvalue weighted by molar-refractivity contribution is 7.09. The second-order valence-corrected chi connectivity index (χ2v) is 10.5. The number of amides is 2. The Kier molecular flexibility index (Phi) is 5.96. The Bertz CT molecular complexity index is 901. The quantitative estimate of drug-likeness (QED) is 0.768. The van der Waals surface area contributed by atoms with E-state index in [4.69, 9.17) is 4.98 Å². The first-order valence-corrected chi connectivity index (χ1v) is 11.8. The van der Waals surface area contributed by atoms with E-state index in [-0.39, 0.29) is 23.1 Å². The molecule has 4 rings (SSSR count). The Morgan fingerprint density at radius 3 is 2.37 bits per heavy atom. The zero-order chi connectivity index (χ0) is 21.3. The van der Waals surface area contributed by atoms with E-state index in [1.165, 1.54) is 5.56 Å². The van der Waals surface area contributed by atoms with E-state index in [0.717, 1.165) is 55.0 Å². The van der Waals surface area contributed by atoms with Crippen LogP contribution in [0.2, 0.25) is 0 Å². The normalized spacial score (nSPS) is 17.8. The molecule has 1 aliphatic heterocycles. The number of aromatic nitrogens is 1. The van der Waals surface area contributed by atoms with Gasteiger partial charge in [0, 0.05) is 35.9 Å². The van der Waals surface area contributed by atoms with Gasteiger partial charge in [0.15, 0.2) is 0 Å². The number of carbonyl (C=O) groups excluding carboxylic acids is 2. The van der Waals surface area contributed by atoms with Gasteiger partial charge in [0.1, 0.15) is 0 Å². The van der Waals surface area contributed by atoms with Crippen LogP contribution in [0.4, 0.5) is 0 Å². The summed E-state index contributed by atoms with van der Waals surface area (Å²) in [6, 6.07) is 8.05. The Balaban J connectivity index is 1.29. The molecule has 0 spiro atoms. The molecule has 1 aromatic carbocycles. The van der Waals surface area contributed by atoms with Crippen molar-refractivity contribution in [2.75, 3.05) is 13.1 Å². The Labute approximate surface area is 182 Å². The van der Waals surface area contributed by atoms with E-state index in [2.05, 4.69) is 43.6 Å². The molecule has 30 heavy (non-hydrogen) atoms. The second-order valence-electron chi connectivity index (χ2n) is 9.56. The maximum Gasteiger partial charge on any atom is 0.253 e. The second kappa shape index (κ2) is 8.50. The largest absolute Gasteiger partial charge is 0.350 e. The number of nitrogens with one attached hydrogen (secondary N) is 1. The zero-order valence-electron chi connectivity index (χ0n) is 18.1. The third-order valence-corrected chi connectivity index (χ3v) is 7.15. The minimum Gasteiger partial charge on any atom is -0.350 e. The highest BCUT2D eigenvalue weighted by Gasteiger charge is 2.30. The summed E-state index contributed by atoms with van der Waals surface area (Å²) < 4.78 is 0. The van der Waals surface area contributed by atoms with Crippen molar-refractivity contribution in [2.24, 2.45) is 5.92 Å². The third kappa shape index (κ3) is 4.91. The summed E-state index contributed by atoms with van der Waals surface area (Å²) in [5.41, 5.74) is 3.05. The molecule has 6 heteroatoms. The molecule has 1 saturated carbocycles. The number of benzene rings is 1. The predicted molar refractivity (Wildman–Crippen MR) is 120 cm³/mol. The fourth-order valence-electron chi connectivity index (χ4n) is 3.88. The maximum atomic E-state index is 12.9. The average molecular weight is 426 g/mol. The molecule has 1 aliphatic carbocycles. The molecule has 160 valence electrons. The molecule has 2 amide bonds. The monoisotopic (exact) mass is 425 g/mol. The molecule has 1 aromatic heterocycles. The highest BCUT2D eigenvalue weighted by Crippen LogP contribution is 2.32. The van der Waals surface area contributed by atoms with Gasteiger partial charge in [-0.15, -0.1) is 11.3 Å². The van der Waals surface area contributed by atoms with Gasteiger partial charge in [-0.3, -0.25) is 9.59 Å². The van der Waals surface area contributed by atoms with Crippen LogP contribution in [0.15, 0.2) is 29.6 Å². The number of carbonyl (C=O) groups is 2. The van der Waals surface area contributed by atoms with Gasteiger partial charge in [0.05, 0.1) is 17.2 Å². The average Bonchev–Trinajstić information content (AvgIpc) is 3.49. The summed E-state index contributed by atoms with van der Waals surface area (Å²) in [6.45, 7) is 8.59. The topological polar surface area (TPSA) is 62.3 Å². The first-order valence-electron chi connectivity index (χ1n) is 10.9. The summed E-state index contributed by atoms with van der Waals surface area (Å²) in [7, 11) is 0. The van der Waals surface area contributed by atoms with E-state index in [0.29, 0.717) is 12.5 Å². The van der Waals surface area contributed by atoms with Crippen molar-refractivity contribution in [1.82, 2.24) is 15.2 Å². The third-order valence-electron chi connectivity index (χ3n) is 6.09. The lowest BCUT2D eigenvalue weighted by Gasteiger charge is -2.31. The summed E-state index contributed by atoms with van der Waals surface area (Å²) >= 11 is 1.68. The lowest BCUT2D eigenvalue weighted by molar-refractivity contribution is -0.122. The van der Waals surface area contributed by atoms with E-state index in [1.54, 1.807) is 11.3 Å². The number of piperidine rings is 1. The molecule has 2 aliphatic rings. The molecule has 2 heterocycles. The van der Waals surface area contributed by atoms with Gasteiger partial charge in [-0.25, -0.2) is 4.98 Å². The predicted octanol–water partition coefficient (Wildman–Crippen LogP) is 4.49. The van der Waals surface area contributed by atoms with Gasteiger partial charge in [-0.1, -0.05) is 32.9 Å². The van der Waals surface area contributed by atoms with Crippen LogP contribution < -0.4 is 5.32 Å². The van der Waals surface area contributed by atoms with E-state index in [9.17, 15) is 9.59 Å². The van der Waals surface area contributed by atoms with Gasteiger partial charge in [-0.05, 0) is 48.8 Å². The van der Waals surface area contributed by atoms with Crippen LogP contribution in [0, 0.1) is 5.92 Å². The first-order chi connectivity index (χ1) is 14.3. The maximum absolute atomic E-state index is 12.9. The van der Waals surface area contributed by atoms with Crippen LogP contribution in [0.1, 0.15) is 79.0 Å². The lowest BCUT2D eigenvalue weighted by Crippen LogP contribution is -2.38. The number of thiazole rings is 1. The Morgan fingerprint density at radius 2 is 1.77 bits per heavy atom. The number of hydrogen-bond acceptors (Lipinski definition) is 4. The number of hydrogen-bond donors (Lipinski definition) is 1. The van der Waals surface area contributed by atoms with E-state index < -0.39 is 0 Å². The van der Waals surface area contributed by atoms with Crippen molar-refractivity contribution in [3.63, 3.8) is 0 Å².